The van der Waals surface area contributed by atoms with E-state index in [2.05, 4.69) is 15.3 Å². The maximum Gasteiger partial charge on any atom is 0.270 e. The summed E-state index contributed by atoms with van der Waals surface area (Å²) in [4.78, 5) is 20.1. The molecule has 1 N–H and O–H groups in total. The quantitative estimate of drug-likeness (QED) is 0.806. The normalized spacial score (nSPS) is 10.4. The lowest BCUT2D eigenvalue weighted by atomic mass is 10.1. The molecule has 0 aliphatic heterocycles. The molecule has 1 amide bonds. The van der Waals surface area contributed by atoms with Crippen LogP contribution in [0.2, 0.25) is 5.02 Å². The highest BCUT2D eigenvalue weighted by atomic mass is 35.5. The second-order valence-corrected chi connectivity index (χ2v) is 5.08. The summed E-state index contributed by atoms with van der Waals surface area (Å²) in [7, 11) is 0. The monoisotopic (exact) mass is 312 g/mol. The van der Waals surface area contributed by atoms with E-state index < -0.39 is 0 Å². The minimum Gasteiger partial charge on any atom is -0.347 e. The Morgan fingerprint density at radius 2 is 2.09 bits per heavy atom. The second-order valence-electron chi connectivity index (χ2n) is 4.64. The number of benzene rings is 1. The Morgan fingerprint density at radius 3 is 2.82 bits per heavy atom. The summed E-state index contributed by atoms with van der Waals surface area (Å²) < 4.78 is 1.90. The van der Waals surface area contributed by atoms with Crippen LogP contribution in [-0.4, -0.2) is 20.4 Å². The minimum atomic E-state index is -0.239. The van der Waals surface area contributed by atoms with Gasteiger partial charge < -0.3 is 9.88 Å². The van der Waals surface area contributed by atoms with Crippen molar-refractivity contribution in [2.75, 3.05) is 0 Å². The second kappa shape index (κ2) is 6.41. The minimum absolute atomic E-state index is 0.239. The molecule has 0 aliphatic carbocycles. The molecule has 2 heterocycles. The van der Waals surface area contributed by atoms with Gasteiger partial charge in [-0.05, 0) is 23.8 Å². The number of para-hydroxylation sites is 1. The molecular weight excluding hydrogens is 300 g/mol. The molecule has 0 bridgehead atoms. The number of aromatic nitrogens is 3. The van der Waals surface area contributed by atoms with Gasteiger partial charge in [-0.2, -0.15) is 0 Å². The van der Waals surface area contributed by atoms with E-state index in [0.29, 0.717) is 17.3 Å². The van der Waals surface area contributed by atoms with Gasteiger partial charge in [0.1, 0.15) is 5.69 Å². The summed E-state index contributed by atoms with van der Waals surface area (Å²) in [5.74, 6) is -0.239. The van der Waals surface area contributed by atoms with Crippen molar-refractivity contribution < 1.29 is 4.79 Å². The molecule has 0 unspecified atom stereocenters. The van der Waals surface area contributed by atoms with Crippen molar-refractivity contribution in [3.63, 3.8) is 0 Å². The molecule has 6 heteroatoms. The summed E-state index contributed by atoms with van der Waals surface area (Å²) in [5, 5.41) is 3.36. The van der Waals surface area contributed by atoms with Gasteiger partial charge in [-0.25, -0.2) is 9.97 Å². The van der Waals surface area contributed by atoms with E-state index in [0.717, 1.165) is 11.3 Å². The molecule has 0 saturated carbocycles. The Morgan fingerprint density at radius 1 is 1.23 bits per heavy atom. The molecule has 3 rings (SSSR count). The number of hydrogen-bond donors (Lipinski definition) is 1. The smallest absolute Gasteiger partial charge is 0.270 e. The molecular formula is C16H13ClN4O. The van der Waals surface area contributed by atoms with Crippen molar-refractivity contribution in [2.24, 2.45) is 0 Å². The number of imidazole rings is 1. The van der Waals surface area contributed by atoms with Crippen LogP contribution < -0.4 is 5.32 Å². The molecule has 3 aromatic rings. The summed E-state index contributed by atoms with van der Waals surface area (Å²) >= 11 is 5.76. The Bertz CT molecular complexity index is 769. The molecule has 5 nitrogen and oxygen atoms in total. The molecule has 0 aliphatic rings. The van der Waals surface area contributed by atoms with Crippen LogP contribution in [0.4, 0.5) is 0 Å². The topological polar surface area (TPSA) is 59.8 Å². The van der Waals surface area contributed by atoms with E-state index in [1.807, 2.05) is 35.0 Å². The van der Waals surface area contributed by atoms with Crippen LogP contribution in [0.5, 0.6) is 0 Å². The number of carbonyl (C=O) groups excluding carboxylic acids is 1. The maximum absolute atomic E-state index is 12.1. The van der Waals surface area contributed by atoms with E-state index in [4.69, 9.17) is 11.6 Å². The number of nitrogens with one attached hydrogen (secondary N) is 1. The molecule has 0 fully saturated rings. The van der Waals surface area contributed by atoms with Crippen molar-refractivity contribution in [3.8, 4) is 5.69 Å². The summed E-state index contributed by atoms with van der Waals surface area (Å²) in [6, 6.07) is 11.1. The van der Waals surface area contributed by atoms with Gasteiger partial charge in [0.2, 0.25) is 0 Å². The van der Waals surface area contributed by atoms with Crippen LogP contribution >= 0.6 is 11.6 Å². The number of hydrogen-bond acceptors (Lipinski definition) is 3. The molecule has 0 spiro atoms. The largest absolute Gasteiger partial charge is 0.347 e. The highest BCUT2D eigenvalue weighted by molar-refractivity contribution is 6.30. The van der Waals surface area contributed by atoms with Crippen molar-refractivity contribution in [1.29, 1.82) is 0 Å². The van der Waals surface area contributed by atoms with Crippen LogP contribution in [-0.2, 0) is 6.54 Å². The zero-order chi connectivity index (χ0) is 15.4. The number of amides is 1. The lowest BCUT2D eigenvalue weighted by Gasteiger charge is -2.11. The molecule has 0 atom stereocenters. The average molecular weight is 313 g/mol. The Balaban J connectivity index is 1.74. The van der Waals surface area contributed by atoms with Crippen molar-refractivity contribution in [2.45, 2.75) is 6.54 Å². The molecule has 110 valence electrons. The lowest BCUT2D eigenvalue weighted by Crippen LogP contribution is -2.24. The number of carbonyl (C=O) groups is 1. The first-order valence-electron chi connectivity index (χ1n) is 6.70. The molecule has 22 heavy (non-hydrogen) atoms. The van der Waals surface area contributed by atoms with Crippen LogP contribution in [0.3, 0.4) is 0 Å². The fraction of sp³-hybridized carbons (Fsp3) is 0.0625. The molecule has 1 aromatic carbocycles. The van der Waals surface area contributed by atoms with Crippen LogP contribution in [0.1, 0.15) is 16.1 Å². The predicted molar refractivity (Wildman–Crippen MR) is 84.0 cm³/mol. The molecule has 0 saturated heterocycles. The number of rotatable bonds is 4. The van der Waals surface area contributed by atoms with Crippen molar-refractivity contribution in [3.05, 3.63) is 77.6 Å². The van der Waals surface area contributed by atoms with Gasteiger partial charge in [0.05, 0.1) is 17.0 Å². The third-order valence-corrected chi connectivity index (χ3v) is 3.40. The van der Waals surface area contributed by atoms with Gasteiger partial charge in [0.25, 0.3) is 5.91 Å². The highest BCUT2D eigenvalue weighted by Gasteiger charge is 2.09. The Hall–Kier alpha value is -2.66. The summed E-state index contributed by atoms with van der Waals surface area (Å²) in [6.07, 6.45) is 6.76. The summed E-state index contributed by atoms with van der Waals surface area (Å²) in [5.41, 5.74) is 2.30. The van der Waals surface area contributed by atoms with E-state index in [1.165, 1.54) is 6.20 Å². The van der Waals surface area contributed by atoms with Crippen molar-refractivity contribution in [1.82, 2.24) is 19.9 Å². The standard InChI is InChI=1S/C16H13ClN4O/c17-13-5-6-14(19-10-13)16(22)20-9-12-3-1-2-4-15(12)21-8-7-18-11-21/h1-8,10-11H,9H2,(H,20,22). The van der Waals surface area contributed by atoms with Gasteiger partial charge in [-0.1, -0.05) is 29.8 Å². The lowest BCUT2D eigenvalue weighted by molar-refractivity contribution is 0.0946. The van der Waals surface area contributed by atoms with Crippen LogP contribution in [0, 0.1) is 0 Å². The summed E-state index contributed by atoms with van der Waals surface area (Å²) in [6.45, 7) is 0.400. The average Bonchev–Trinajstić information content (AvgIpc) is 3.08. The van der Waals surface area contributed by atoms with Gasteiger partial charge in [0, 0.05) is 25.1 Å². The van der Waals surface area contributed by atoms with E-state index in [1.54, 1.807) is 24.7 Å². The van der Waals surface area contributed by atoms with E-state index >= 15 is 0 Å². The van der Waals surface area contributed by atoms with Gasteiger partial charge >= 0.3 is 0 Å². The number of nitrogens with zero attached hydrogens (tertiary/aromatic N) is 3. The van der Waals surface area contributed by atoms with E-state index in [9.17, 15) is 4.79 Å². The van der Waals surface area contributed by atoms with Crippen molar-refractivity contribution >= 4 is 17.5 Å². The van der Waals surface area contributed by atoms with Crippen LogP contribution in [0.25, 0.3) is 5.69 Å². The first-order valence-corrected chi connectivity index (χ1v) is 7.08. The zero-order valence-corrected chi connectivity index (χ0v) is 12.4. The Labute approximate surface area is 132 Å². The third-order valence-electron chi connectivity index (χ3n) is 3.17. The Kier molecular flexibility index (Phi) is 4.16. The predicted octanol–water partition coefficient (Wildman–Crippen LogP) is 2.85. The number of halogens is 1. The fourth-order valence-corrected chi connectivity index (χ4v) is 2.20. The fourth-order valence-electron chi connectivity index (χ4n) is 2.09. The van der Waals surface area contributed by atoms with Gasteiger partial charge in [-0.15, -0.1) is 0 Å². The zero-order valence-electron chi connectivity index (χ0n) is 11.6. The van der Waals surface area contributed by atoms with Gasteiger partial charge in [0.15, 0.2) is 0 Å². The first-order chi connectivity index (χ1) is 10.7. The van der Waals surface area contributed by atoms with Gasteiger partial charge in [-0.3, -0.25) is 4.79 Å². The molecule has 2 aromatic heterocycles. The third kappa shape index (κ3) is 3.15. The maximum atomic E-state index is 12.1. The highest BCUT2D eigenvalue weighted by Crippen LogP contribution is 2.14. The molecule has 0 radical (unpaired) electrons. The van der Waals surface area contributed by atoms with Crippen LogP contribution in [0.15, 0.2) is 61.3 Å². The SMILES string of the molecule is O=C(NCc1ccccc1-n1ccnc1)c1ccc(Cl)cn1. The first kappa shape index (κ1) is 14.3. The van der Waals surface area contributed by atoms with E-state index in [-0.39, 0.29) is 5.91 Å². The number of pyridine rings is 1.